The molecule has 2 aliphatic rings. The Bertz CT molecular complexity index is 560. The number of ether oxygens (including phenoxy) is 1. The van der Waals surface area contributed by atoms with E-state index in [1.165, 1.54) is 18.4 Å². The van der Waals surface area contributed by atoms with E-state index >= 15 is 0 Å². The van der Waals surface area contributed by atoms with Gasteiger partial charge in [-0.3, -0.25) is 4.79 Å². The average molecular weight is 286 g/mol. The summed E-state index contributed by atoms with van der Waals surface area (Å²) in [5.74, 6) is 0.634. The summed E-state index contributed by atoms with van der Waals surface area (Å²) in [4.78, 5) is 12.3. The van der Waals surface area contributed by atoms with Gasteiger partial charge in [0.15, 0.2) is 0 Å². The predicted octanol–water partition coefficient (Wildman–Crippen LogP) is 4.30. The SMILES string of the molecule is Cc1cccc(CC(=O)OC2CC3CCC2(C)C3(C)C)c1. The van der Waals surface area contributed by atoms with E-state index in [1.807, 2.05) is 25.1 Å². The highest BCUT2D eigenvalue weighted by Crippen LogP contribution is 2.66. The van der Waals surface area contributed by atoms with Gasteiger partial charge in [-0.1, -0.05) is 50.6 Å². The van der Waals surface area contributed by atoms with Gasteiger partial charge in [-0.05, 0) is 43.1 Å². The Morgan fingerprint density at radius 3 is 2.67 bits per heavy atom. The largest absolute Gasteiger partial charge is 0.462 e. The molecule has 2 nitrogen and oxygen atoms in total. The Balaban J connectivity index is 1.67. The maximum atomic E-state index is 12.3. The van der Waals surface area contributed by atoms with Crippen LogP contribution in [0.15, 0.2) is 24.3 Å². The molecule has 1 aromatic rings. The monoisotopic (exact) mass is 286 g/mol. The lowest BCUT2D eigenvalue weighted by Crippen LogP contribution is -2.38. The number of rotatable bonds is 3. The standard InChI is InChI=1S/C19H26O2/c1-13-6-5-7-14(10-13)11-17(20)21-16-12-15-8-9-19(16,4)18(15,2)3/h5-7,10,15-16H,8-9,11-12H2,1-4H3. The predicted molar refractivity (Wildman–Crippen MR) is 84.0 cm³/mol. The fourth-order valence-electron chi connectivity index (χ4n) is 4.50. The Kier molecular flexibility index (Phi) is 3.38. The summed E-state index contributed by atoms with van der Waals surface area (Å²) in [6, 6.07) is 8.11. The van der Waals surface area contributed by atoms with Crippen LogP contribution in [0.3, 0.4) is 0 Å². The van der Waals surface area contributed by atoms with Crippen molar-refractivity contribution >= 4 is 5.97 Å². The van der Waals surface area contributed by atoms with Crippen LogP contribution in [-0.4, -0.2) is 12.1 Å². The van der Waals surface area contributed by atoms with Crippen LogP contribution in [0, 0.1) is 23.7 Å². The molecule has 21 heavy (non-hydrogen) atoms. The van der Waals surface area contributed by atoms with E-state index in [0.29, 0.717) is 17.8 Å². The maximum Gasteiger partial charge on any atom is 0.310 e. The van der Waals surface area contributed by atoms with Crippen LogP contribution in [0.1, 0.15) is 51.2 Å². The minimum absolute atomic E-state index is 0.0739. The van der Waals surface area contributed by atoms with Crippen molar-refractivity contribution in [2.75, 3.05) is 0 Å². The Hall–Kier alpha value is -1.31. The number of carbonyl (C=O) groups is 1. The summed E-state index contributed by atoms with van der Waals surface area (Å²) < 4.78 is 5.89. The smallest absolute Gasteiger partial charge is 0.310 e. The van der Waals surface area contributed by atoms with Crippen LogP contribution < -0.4 is 0 Å². The minimum atomic E-state index is -0.0739. The number of carbonyl (C=O) groups excluding carboxylic acids is 1. The average Bonchev–Trinajstić information content (AvgIpc) is 2.72. The molecule has 0 spiro atoms. The molecule has 0 amide bonds. The first kappa shape index (κ1) is 14.6. The van der Waals surface area contributed by atoms with E-state index in [-0.39, 0.29) is 17.5 Å². The molecule has 0 saturated heterocycles. The van der Waals surface area contributed by atoms with E-state index in [2.05, 4.69) is 26.8 Å². The van der Waals surface area contributed by atoms with Gasteiger partial charge in [-0.2, -0.15) is 0 Å². The number of fused-ring (bicyclic) bond motifs is 2. The van der Waals surface area contributed by atoms with E-state index in [4.69, 9.17) is 4.74 Å². The third-order valence-corrected chi connectivity index (χ3v) is 6.42. The second kappa shape index (κ2) is 4.86. The molecule has 0 aromatic heterocycles. The van der Waals surface area contributed by atoms with Crippen LogP contribution >= 0.6 is 0 Å². The maximum absolute atomic E-state index is 12.3. The first-order chi connectivity index (χ1) is 9.83. The highest BCUT2D eigenvalue weighted by atomic mass is 16.5. The van der Waals surface area contributed by atoms with Gasteiger partial charge in [-0.25, -0.2) is 0 Å². The van der Waals surface area contributed by atoms with Gasteiger partial charge < -0.3 is 4.74 Å². The van der Waals surface area contributed by atoms with Gasteiger partial charge in [0, 0.05) is 5.41 Å². The molecule has 0 aliphatic heterocycles. The van der Waals surface area contributed by atoms with Crippen LogP contribution in [0.25, 0.3) is 0 Å². The van der Waals surface area contributed by atoms with Gasteiger partial charge in [0.05, 0.1) is 6.42 Å². The lowest BCUT2D eigenvalue weighted by Gasteiger charge is -2.38. The summed E-state index contributed by atoms with van der Waals surface area (Å²) in [6.45, 7) is 9.05. The quantitative estimate of drug-likeness (QED) is 0.775. The summed E-state index contributed by atoms with van der Waals surface area (Å²) in [5.41, 5.74) is 2.68. The summed E-state index contributed by atoms with van der Waals surface area (Å²) >= 11 is 0. The molecule has 3 unspecified atom stereocenters. The van der Waals surface area contributed by atoms with Gasteiger partial charge in [0.2, 0.25) is 0 Å². The molecule has 0 radical (unpaired) electrons. The molecular weight excluding hydrogens is 260 g/mol. The van der Waals surface area contributed by atoms with E-state index in [1.54, 1.807) is 0 Å². The molecule has 2 fully saturated rings. The van der Waals surface area contributed by atoms with Crippen LogP contribution in [0.2, 0.25) is 0 Å². The topological polar surface area (TPSA) is 26.3 Å². The zero-order valence-electron chi connectivity index (χ0n) is 13.6. The van der Waals surface area contributed by atoms with Crippen molar-refractivity contribution in [3.8, 4) is 0 Å². The molecular formula is C19H26O2. The Morgan fingerprint density at radius 2 is 2.10 bits per heavy atom. The van der Waals surface area contributed by atoms with Crippen molar-refractivity contribution in [3.05, 3.63) is 35.4 Å². The summed E-state index contributed by atoms with van der Waals surface area (Å²) in [6.07, 6.45) is 4.01. The molecule has 2 heteroatoms. The van der Waals surface area contributed by atoms with E-state index in [0.717, 1.165) is 12.0 Å². The number of esters is 1. The normalized spacial score (nSPS) is 33.1. The third kappa shape index (κ3) is 2.29. The number of aryl methyl sites for hydroxylation is 1. The molecule has 0 heterocycles. The van der Waals surface area contributed by atoms with Crippen molar-refractivity contribution in [2.24, 2.45) is 16.7 Å². The highest BCUT2D eigenvalue weighted by molar-refractivity contribution is 5.73. The molecule has 114 valence electrons. The molecule has 2 bridgehead atoms. The summed E-state index contributed by atoms with van der Waals surface area (Å²) in [7, 11) is 0. The lowest BCUT2D eigenvalue weighted by atomic mass is 9.70. The van der Waals surface area contributed by atoms with Crippen molar-refractivity contribution in [1.82, 2.24) is 0 Å². The molecule has 2 aliphatic carbocycles. The van der Waals surface area contributed by atoms with E-state index < -0.39 is 0 Å². The summed E-state index contributed by atoms with van der Waals surface area (Å²) in [5, 5.41) is 0. The number of hydrogen-bond acceptors (Lipinski definition) is 2. The highest BCUT2D eigenvalue weighted by Gasteiger charge is 2.62. The molecule has 3 atom stereocenters. The van der Waals surface area contributed by atoms with Crippen molar-refractivity contribution < 1.29 is 9.53 Å². The fraction of sp³-hybridized carbons (Fsp3) is 0.632. The first-order valence-corrected chi connectivity index (χ1v) is 8.08. The number of hydrogen-bond donors (Lipinski definition) is 0. The molecule has 2 saturated carbocycles. The zero-order chi connectivity index (χ0) is 15.3. The van der Waals surface area contributed by atoms with Crippen molar-refractivity contribution in [1.29, 1.82) is 0 Å². The fourth-order valence-corrected chi connectivity index (χ4v) is 4.50. The van der Waals surface area contributed by atoms with Gasteiger partial charge in [-0.15, -0.1) is 0 Å². The molecule has 1 aromatic carbocycles. The van der Waals surface area contributed by atoms with Crippen molar-refractivity contribution in [2.45, 2.75) is 59.5 Å². The van der Waals surface area contributed by atoms with Gasteiger partial charge in [0.25, 0.3) is 0 Å². The van der Waals surface area contributed by atoms with Crippen LogP contribution in [-0.2, 0) is 16.0 Å². The second-order valence-corrected chi connectivity index (χ2v) is 7.75. The lowest BCUT2D eigenvalue weighted by molar-refractivity contribution is -0.156. The second-order valence-electron chi connectivity index (χ2n) is 7.75. The zero-order valence-corrected chi connectivity index (χ0v) is 13.6. The van der Waals surface area contributed by atoms with Crippen molar-refractivity contribution in [3.63, 3.8) is 0 Å². The molecule has 3 rings (SSSR count). The Labute approximate surface area is 127 Å². The van der Waals surface area contributed by atoms with Crippen LogP contribution in [0.5, 0.6) is 0 Å². The van der Waals surface area contributed by atoms with E-state index in [9.17, 15) is 4.79 Å². The third-order valence-electron chi connectivity index (χ3n) is 6.42. The van der Waals surface area contributed by atoms with Gasteiger partial charge in [0.1, 0.15) is 6.10 Å². The minimum Gasteiger partial charge on any atom is -0.462 e. The first-order valence-electron chi connectivity index (χ1n) is 8.08. The number of benzene rings is 1. The van der Waals surface area contributed by atoms with Gasteiger partial charge >= 0.3 is 5.97 Å². The van der Waals surface area contributed by atoms with Crippen LogP contribution in [0.4, 0.5) is 0 Å². The Morgan fingerprint density at radius 1 is 1.33 bits per heavy atom. The molecule has 0 N–H and O–H groups in total.